The number of hydrogen-bond donors (Lipinski definition) is 2. The lowest BCUT2D eigenvalue weighted by molar-refractivity contribution is 0.109. The van der Waals surface area contributed by atoms with E-state index in [0.717, 1.165) is 31.5 Å². The topological polar surface area (TPSA) is 62.0 Å². The second-order valence-electron chi connectivity index (χ2n) is 6.01. The molecule has 0 aliphatic carbocycles. The maximum absolute atomic E-state index is 9.89. The van der Waals surface area contributed by atoms with Gasteiger partial charge in [-0.2, -0.15) is 0 Å². The van der Waals surface area contributed by atoms with Crippen molar-refractivity contribution in [1.82, 2.24) is 9.80 Å². The summed E-state index contributed by atoms with van der Waals surface area (Å²) in [5, 5.41) is 10.2. The van der Waals surface area contributed by atoms with E-state index in [-0.39, 0.29) is 11.8 Å². The zero-order chi connectivity index (χ0) is 16.3. The van der Waals surface area contributed by atoms with Crippen LogP contribution in [0, 0.1) is 0 Å². The average molecular weight is 328 g/mol. The number of piperidine rings is 1. The molecule has 0 aromatic heterocycles. The van der Waals surface area contributed by atoms with Crippen molar-refractivity contribution < 1.29 is 9.84 Å². The Kier molecular flexibility index (Phi) is 5.92. The van der Waals surface area contributed by atoms with E-state index in [4.69, 9.17) is 22.1 Å². The molecule has 0 radical (unpaired) electrons. The van der Waals surface area contributed by atoms with Crippen LogP contribution in [0.3, 0.4) is 0 Å². The molecule has 1 saturated heterocycles. The fourth-order valence-electron chi connectivity index (χ4n) is 3.14. The second kappa shape index (κ2) is 7.51. The lowest BCUT2D eigenvalue weighted by atomic mass is 9.98. The first-order chi connectivity index (χ1) is 10.5. The molecule has 1 aliphatic heterocycles. The van der Waals surface area contributed by atoms with E-state index in [1.54, 1.807) is 6.07 Å². The average Bonchev–Trinajstić information content (AvgIpc) is 2.51. The van der Waals surface area contributed by atoms with Crippen molar-refractivity contribution in [2.24, 2.45) is 5.73 Å². The number of hydrogen-bond acceptors (Lipinski definition) is 5. The number of likely N-dealkylation sites (N-methyl/N-ethyl adjacent to an activating group) is 1. The van der Waals surface area contributed by atoms with Gasteiger partial charge in [0.25, 0.3) is 0 Å². The molecule has 1 atom stereocenters. The van der Waals surface area contributed by atoms with Gasteiger partial charge in [-0.25, -0.2) is 0 Å². The summed E-state index contributed by atoms with van der Waals surface area (Å²) in [5.74, 6) is 0.364. The van der Waals surface area contributed by atoms with E-state index < -0.39 is 0 Å². The quantitative estimate of drug-likeness (QED) is 0.867. The summed E-state index contributed by atoms with van der Waals surface area (Å²) in [5.41, 5.74) is 7.00. The summed E-state index contributed by atoms with van der Waals surface area (Å²) in [7, 11) is 5.79. The maximum atomic E-state index is 9.89. The first-order valence-corrected chi connectivity index (χ1v) is 8.02. The number of ether oxygens (including phenoxy) is 1. The monoisotopic (exact) mass is 327 g/mol. The zero-order valence-corrected chi connectivity index (χ0v) is 14.3. The lowest BCUT2D eigenvalue weighted by Gasteiger charge is -2.39. The van der Waals surface area contributed by atoms with Crippen molar-refractivity contribution in [1.29, 1.82) is 0 Å². The molecule has 1 aromatic rings. The van der Waals surface area contributed by atoms with E-state index in [0.29, 0.717) is 23.4 Å². The number of methoxy groups -OCH3 is 1. The molecule has 124 valence electrons. The number of halogens is 1. The van der Waals surface area contributed by atoms with E-state index >= 15 is 0 Å². The van der Waals surface area contributed by atoms with Crippen molar-refractivity contribution in [2.75, 3.05) is 40.8 Å². The largest absolute Gasteiger partial charge is 0.503 e. The van der Waals surface area contributed by atoms with Crippen LogP contribution in [-0.2, 0) is 0 Å². The Morgan fingerprint density at radius 2 is 2.09 bits per heavy atom. The second-order valence-corrected chi connectivity index (χ2v) is 6.41. The highest BCUT2D eigenvalue weighted by Crippen LogP contribution is 2.38. The number of phenolic OH excluding ortho intramolecular Hbond substituents is 1. The molecule has 0 amide bonds. The van der Waals surface area contributed by atoms with Gasteiger partial charge < -0.3 is 20.5 Å². The lowest BCUT2D eigenvalue weighted by Crippen LogP contribution is -2.45. The first-order valence-electron chi connectivity index (χ1n) is 7.64. The number of phenols is 1. The summed E-state index contributed by atoms with van der Waals surface area (Å²) in [6, 6.07) is 4.16. The Balaban J connectivity index is 2.22. The van der Waals surface area contributed by atoms with E-state index in [1.807, 2.05) is 6.07 Å². The third-order valence-electron chi connectivity index (χ3n) is 4.63. The van der Waals surface area contributed by atoms with Gasteiger partial charge in [-0.3, -0.25) is 4.90 Å². The van der Waals surface area contributed by atoms with Gasteiger partial charge in [-0.15, -0.1) is 0 Å². The number of benzene rings is 1. The fraction of sp³-hybridized carbons (Fsp3) is 0.625. The van der Waals surface area contributed by atoms with E-state index in [2.05, 4.69) is 23.9 Å². The van der Waals surface area contributed by atoms with Crippen LogP contribution >= 0.6 is 11.6 Å². The highest BCUT2D eigenvalue weighted by Gasteiger charge is 2.27. The number of nitrogens with zero attached hydrogens (tertiary/aromatic N) is 2. The van der Waals surface area contributed by atoms with Crippen LogP contribution in [0.25, 0.3) is 0 Å². The molecule has 1 aromatic carbocycles. The molecular formula is C16H26ClN3O2. The Morgan fingerprint density at radius 1 is 1.45 bits per heavy atom. The van der Waals surface area contributed by atoms with Gasteiger partial charge in [-0.1, -0.05) is 11.6 Å². The molecular weight excluding hydrogens is 302 g/mol. The predicted octanol–water partition coefficient (Wildman–Crippen LogP) is 2.08. The minimum Gasteiger partial charge on any atom is -0.503 e. The van der Waals surface area contributed by atoms with Crippen LogP contribution in [0.2, 0.25) is 5.02 Å². The number of aromatic hydroxyl groups is 1. The van der Waals surface area contributed by atoms with Crippen LogP contribution in [-0.4, -0.2) is 61.8 Å². The summed E-state index contributed by atoms with van der Waals surface area (Å²) >= 11 is 6.11. The molecule has 1 aliphatic rings. The molecule has 2 rings (SSSR count). The van der Waals surface area contributed by atoms with E-state index in [9.17, 15) is 5.11 Å². The summed E-state index contributed by atoms with van der Waals surface area (Å²) in [6.07, 6.45) is 2.26. The van der Waals surface area contributed by atoms with Crippen LogP contribution in [0.1, 0.15) is 24.4 Å². The van der Waals surface area contributed by atoms with Gasteiger partial charge in [0.1, 0.15) is 0 Å². The van der Waals surface area contributed by atoms with Gasteiger partial charge in [-0.05, 0) is 57.7 Å². The van der Waals surface area contributed by atoms with Crippen molar-refractivity contribution in [3.05, 3.63) is 22.7 Å². The van der Waals surface area contributed by atoms with Gasteiger partial charge in [0.2, 0.25) is 0 Å². The van der Waals surface area contributed by atoms with Crippen molar-refractivity contribution >= 4 is 11.6 Å². The van der Waals surface area contributed by atoms with Gasteiger partial charge in [0, 0.05) is 18.6 Å². The molecule has 1 fully saturated rings. The Morgan fingerprint density at radius 3 is 2.64 bits per heavy atom. The Hall–Kier alpha value is -1.01. The van der Waals surface area contributed by atoms with E-state index in [1.165, 1.54) is 7.11 Å². The number of nitrogens with two attached hydrogens (primary N) is 1. The molecule has 22 heavy (non-hydrogen) atoms. The molecule has 1 heterocycles. The highest BCUT2D eigenvalue weighted by atomic mass is 35.5. The third kappa shape index (κ3) is 3.66. The zero-order valence-electron chi connectivity index (χ0n) is 13.6. The SMILES string of the molecule is COc1cc(C(CN)N(C)C2CCN(C)CC2)cc(Cl)c1O. The molecule has 0 bridgehead atoms. The number of rotatable bonds is 5. The predicted molar refractivity (Wildman–Crippen MR) is 89.7 cm³/mol. The third-order valence-corrected chi connectivity index (χ3v) is 4.92. The minimum absolute atomic E-state index is 0.0226. The standard InChI is InChI=1S/C16H26ClN3O2/c1-19-6-4-12(5-7-19)20(2)14(10-18)11-8-13(17)16(21)15(9-11)22-3/h8-9,12,14,21H,4-7,10,18H2,1-3H3. The highest BCUT2D eigenvalue weighted by molar-refractivity contribution is 6.32. The molecule has 0 spiro atoms. The summed E-state index contributed by atoms with van der Waals surface area (Å²) < 4.78 is 5.20. The van der Waals surface area contributed by atoms with Crippen LogP contribution in [0.5, 0.6) is 11.5 Å². The smallest absolute Gasteiger partial charge is 0.176 e. The van der Waals surface area contributed by atoms with Crippen molar-refractivity contribution in [3.8, 4) is 11.5 Å². The molecule has 0 saturated carbocycles. The van der Waals surface area contributed by atoms with Crippen LogP contribution < -0.4 is 10.5 Å². The molecule has 1 unspecified atom stereocenters. The van der Waals surface area contributed by atoms with Gasteiger partial charge in [0.05, 0.1) is 12.1 Å². The number of likely N-dealkylation sites (tertiary alicyclic amines) is 1. The first kappa shape index (κ1) is 17.3. The van der Waals surface area contributed by atoms with Gasteiger partial charge in [0.15, 0.2) is 11.5 Å². The molecule has 5 nitrogen and oxygen atoms in total. The molecule has 6 heteroatoms. The van der Waals surface area contributed by atoms with Crippen LogP contribution in [0.15, 0.2) is 12.1 Å². The van der Waals surface area contributed by atoms with Gasteiger partial charge >= 0.3 is 0 Å². The molecule has 3 N–H and O–H groups in total. The van der Waals surface area contributed by atoms with Crippen molar-refractivity contribution in [2.45, 2.75) is 24.9 Å². The maximum Gasteiger partial charge on any atom is 0.176 e. The fourth-order valence-corrected chi connectivity index (χ4v) is 3.36. The Labute approximate surface area is 137 Å². The minimum atomic E-state index is -0.0226. The summed E-state index contributed by atoms with van der Waals surface area (Å²) in [4.78, 5) is 4.68. The van der Waals surface area contributed by atoms with Crippen LogP contribution in [0.4, 0.5) is 0 Å². The normalized spacial score (nSPS) is 18.6. The summed E-state index contributed by atoms with van der Waals surface area (Å²) in [6.45, 7) is 2.70. The van der Waals surface area contributed by atoms with Crippen molar-refractivity contribution in [3.63, 3.8) is 0 Å². The Bertz CT molecular complexity index is 504.